The summed E-state index contributed by atoms with van der Waals surface area (Å²) >= 11 is 6.03. The Kier molecular flexibility index (Phi) is 4.22. The molecule has 1 saturated carbocycles. The minimum Gasteiger partial charge on any atom is -0.341 e. The van der Waals surface area contributed by atoms with E-state index in [0.29, 0.717) is 22.8 Å². The van der Waals surface area contributed by atoms with Gasteiger partial charge in [-0.05, 0) is 30.9 Å². The maximum Gasteiger partial charge on any atom is 0.226 e. The molecule has 0 radical (unpaired) electrons. The van der Waals surface area contributed by atoms with Crippen molar-refractivity contribution in [2.75, 3.05) is 26.2 Å². The fourth-order valence-corrected chi connectivity index (χ4v) is 3.74. The van der Waals surface area contributed by atoms with Crippen LogP contribution in [0.25, 0.3) is 5.65 Å². The second kappa shape index (κ2) is 6.37. The molecule has 128 valence electrons. The number of hydrogen-bond acceptors (Lipinski definition) is 3. The van der Waals surface area contributed by atoms with E-state index in [1.807, 2.05) is 28.9 Å². The summed E-state index contributed by atoms with van der Waals surface area (Å²) < 4.78 is 1.97. The van der Waals surface area contributed by atoms with E-state index in [2.05, 4.69) is 21.7 Å². The predicted molar refractivity (Wildman–Crippen MR) is 93.9 cm³/mol. The monoisotopic (exact) mass is 346 g/mol. The van der Waals surface area contributed by atoms with Crippen LogP contribution in [-0.2, 0) is 11.3 Å². The summed E-state index contributed by atoms with van der Waals surface area (Å²) in [4.78, 5) is 21.5. The van der Waals surface area contributed by atoms with Crippen molar-refractivity contribution in [1.82, 2.24) is 19.2 Å². The lowest BCUT2D eigenvalue weighted by Gasteiger charge is -2.21. The third-order valence-electron chi connectivity index (χ3n) is 5.18. The molecule has 5 nitrogen and oxygen atoms in total. The molecule has 0 unspecified atom stereocenters. The van der Waals surface area contributed by atoms with Gasteiger partial charge in [-0.3, -0.25) is 9.69 Å². The van der Waals surface area contributed by atoms with E-state index >= 15 is 0 Å². The number of fused-ring (bicyclic) bond motifs is 1. The van der Waals surface area contributed by atoms with Crippen molar-refractivity contribution >= 4 is 23.2 Å². The fourth-order valence-electron chi connectivity index (χ4n) is 3.57. The molecular formula is C18H23ClN4O. The number of pyridine rings is 1. The molecule has 24 heavy (non-hydrogen) atoms. The molecule has 2 aromatic rings. The van der Waals surface area contributed by atoms with Gasteiger partial charge in [0.15, 0.2) is 0 Å². The van der Waals surface area contributed by atoms with Gasteiger partial charge in [-0.25, -0.2) is 4.98 Å². The molecular weight excluding hydrogens is 324 g/mol. The molecule has 3 heterocycles. The first kappa shape index (κ1) is 15.9. The molecule has 0 aromatic carbocycles. The minimum absolute atomic E-state index is 0.291. The van der Waals surface area contributed by atoms with Crippen molar-refractivity contribution in [3.05, 3.63) is 35.2 Å². The zero-order chi connectivity index (χ0) is 16.7. The number of hydrogen-bond donors (Lipinski definition) is 0. The molecule has 6 heteroatoms. The first-order chi connectivity index (χ1) is 11.6. The van der Waals surface area contributed by atoms with Crippen LogP contribution in [0.5, 0.6) is 0 Å². The van der Waals surface area contributed by atoms with Gasteiger partial charge in [0.25, 0.3) is 0 Å². The summed E-state index contributed by atoms with van der Waals surface area (Å²) in [7, 11) is 0. The number of amides is 1. The smallest absolute Gasteiger partial charge is 0.226 e. The van der Waals surface area contributed by atoms with Crippen LogP contribution < -0.4 is 0 Å². The third kappa shape index (κ3) is 3.28. The Morgan fingerprint density at radius 2 is 2.08 bits per heavy atom. The second-order valence-electron chi connectivity index (χ2n) is 7.12. The Balaban J connectivity index is 1.39. The summed E-state index contributed by atoms with van der Waals surface area (Å²) in [5.74, 6) is 1.24. The summed E-state index contributed by atoms with van der Waals surface area (Å²) in [6.45, 7) is 6.64. The summed E-state index contributed by atoms with van der Waals surface area (Å²) in [5.41, 5.74) is 1.97. The number of aromatic nitrogens is 2. The molecule has 2 atom stereocenters. The highest BCUT2D eigenvalue weighted by Crippen LogP contribution is 2.39. The maximum absolute atomic E-state index is 12.4. The van der Waals surface area contributed by atoms with Crippen molar-refractivity contribution in [3.8, 4) is 0 Å². The minimum atomic E-state index is 0.291. The molecule has 0 spiro atoms. The summed E-state index contributed by atoms with van der Waals surface area (Å²) in [5, 5.41) is 0.713. The Morgan fingerprint density at radius 1 is 1.25 bits per heavy atom. The highest BCUT2D eigenvalue weighted by atomic mass is 35.5. The number of nitrogens with zero attached hydrogens (tertiary/aromatic N) is 4. The standard InChI is InChI=1S/C18H23ClN4O/c1-13-9-16(13)18(24)22-6-2-5-21(7-8-22)11-15-12-23-10-14(19)3-4-17(23)20-15/h3-4,10,12-13,16H,2,5-9,11H2,1H3/t13-,16-/m1/s1. The molecule has 0 N–H and O–H groups in total. The quantitative estimate of drug-likeness (QED) is 0.858. The Bertz CT molecular complexity index is 759. The molecule has 2 aromatic heterocycles. The average Bonchev–Trinajstić information content (AvgIpc) is 3.22. The van der Waals surface area contributed by atoms with E-state index in [1.54, 1.807) is 0 Å². The van der Waals surface area contributed by atoms with Gasteiger partial charge in [0.1, 0.15) is 5.65 Å². The van der Waals surface area contributed by atoms with Crippen LogP contribution >= 0.6 is 11.6 Å². The zero-order valence-corrected chi connectivity index (χ0v) is 14.7. The molecule has 2 aliphatic rings. The summed E-state index contributed by atoms with van der Waals surface area (Å²) in [6.07, 6.45) is 6.03. The lowest BCUT2D eigenvalue weighted by atomic mass is 10.3. The Hall–Kier alpha value is -1.59. The van der Waals surface area contributed by atoms with E-state index in [1.165, 1.54) is 0 Å². The van der Waals surface area contributed by atoms with Gasteiger partial charge >= 0.3 is 0 Å². The molecule has 1 aliphatic carbocycles. The molecule has 2 fully saturated rings. The highest BCUT2D eigenvalue weighted by molar-refractivity contribution is 6.30. The number of imidazole rings is 1. The van der Waals surface area contributed by atoms with Crippen LogP contribution in [0.1, 0.15) is 25.5 Å². The van der Waals surface area contributed by atoms with Gasteiger partial charge in [-0.15, -0.1) is 0 Å². The first-order valence-corrected chi connectivity index (χ1v) is 9.12. The molecule has 4 rings (SSSR count). The number of rotatable bonds is 3. The average molecular weight is 347 g/mol. The van der Waals surface area contributed by atoms with Gasteiger partial charge in [-0.1, -0.05) is 18.5 Å². The summed E-state index contributed by atoms with van der Waals surface area (Å²) in [6, 6.07) is 3.80. The van der Waals surface area contributed by atoms with Crippen LogP contribution in [-0.4, -0.2) is 51.3 Å². The van der Waals surface area contributed by atoms with Gasteiger partial charge in [-0.2, -0.15) is 0 Å². The van der Waals surface area contributed by atoms with Crippen molar-refractivity contribution in [2.24, 2.45) is 11.8 Å². The van der Waals surface area contributed by atoms with Gasteiger partial charge in [0, 0.05) is 51.0 Å². The lowest BCUT2D eigenvalue weighted by molar-refractivity contribution is -0.132. The van der Waals surface area contributed by atoms with E-state index in [4.69, 9.17) is 11.6 Å². The van der Waals surface area contributed by atoms with Crippen LogP contribution in [0, 0.1) is 11.8 Å². The Labute approximate surface area is 147 Å². The van der Waals surface area contributed by atoms with E-state index in [9.17, 15) is 4.79 Å². The van der Waals surface area contributed by atoms with Gasteiger partial charge < -0.3 is 9.30 Å². The van der Waals surface area contributed by atoms with Crippen LogP contribution in [0.3, 0.4) is 0 Å². The van der Waals surface area contributed by atoms with Crippen LogP contribution in [0.15, 0.2) is 24.5 Å². The van der Waals surface area contributed by atoms with Crippen molar-refractivity contribution in [3.63, 3.8) is 0 Å². The second-order valence-corrected chi connectivity index (χ2v) is 7.56. The topological polar surface area (TPSA) is 40.9 Å². The van der Waals surface area contributed by atoms with E-state index in [-0.39, 0.29) is 0 Å². The number of carbonyl (C=O) groups excluding carboxylic acids is 1. The zero-order valence-electron chi connectivity index (χ0n) is 14.0. The van der Waals surface area contributed by atoms with Crippen molar-refractivity contribution < 1.29 is 4.79 Å². The van der Waals surface area contributed by atoms with Crippen molar-refractivity contribution in [2.45, 2.75) is 26.3 Å². The lowest BCUT2D eigenvalue weighted by Crippen LogP contribution is -2.36. The Morgan fingerprint density at radius 3 is 2.88 bits per heavy atom. The fraction of sp³-hybridized carbons (Fsp3) is 0.556. The number of carbonyl (C=O) groups is 1. The predicted octanol–water partition coefficient (Wildman–Crippen LogP) is 2.68. The van der Waals surface area contributed by atoms with Gasteiger partial charge in [0.2, 0.25) is 5.91 Å². The molecule has 1 aliphatic heterocycles. The van der Waals surface area contributed by atoms with Gasteiger partial charge in [0.05, 0.1) is 10.7 Å². The van der Waals surface area contributed by atoms with Crippen molar-refractivity contribution in [1.29, 1.82) is 0 Å². The van der Waals surface area contributed by atoms with Crippen LogP contribution in [0.2, 0.25) is 5.02 Å². The SMILES string of the molecule is C[C@@H]1C[C@H]1C(=O)N1CCCN(Cc2cn3cc(Cl)ccc3n2)CC1. The highest BCUT2D eigenvalue weighted by Gasteiger charge is 2.41. The maximum atomic E-state index is 12.4. The molecule has 1 saturated heterocycles. The third-order valence-corrected chi connectivity index (χ3v) is 5.40. The molecule has 1 amide bonds. The molecule has 0 bridgehead atoms. The van der Waals surface area contributed by atoms with E-state index < -0.39 is 0 Å². The van der Waals surface area contributed by atoms with Crippen LogP contribution in [0.4, 0.5) is 0 Å². The first-order valence-electron chi connectivity index (χ1n) is 8.74. The normalized spacial score (nSPS) is 25.0. The largest absolute Gasteiger partial charge is 0.341 e. The van der Waals surface area contributed by atoms with E-state index in [0.717, 1.165) is 56.9 Å². The number of halogens is 1.